The van der Waals surface area contributed by atoms with E-state index in [1.54, 1.807) is 18.2 Å². The lowest BCUT2D eigenvalue weighted by atomic mass is 10.1. The molecule has 1 amide bonds. The summed E-state index contributed by atoms with van der Waals surface area (Å²) in [6, 6.07) is 8.94. The van der Waals surface area contributed by atoms with Gasteiger partial charge in [0.1, 0.15) is 17.3 Å². The van der Waals surface area contributed by atoms with Gasteiger partial charge in [0.2, 0.25) is 0 Å². The molecule has 2 aromatic rings. The van der Waals surface area contributed by atoms with Crippen molar-refractivity contribution in [3.8, 4) is 11.5 Å². The van der Waals surface area contributed by atoms with Gasteiger partial charge in [-0.15, -0.1) is 0 Å². The molecule has 0 aromatic heterocycles. The van der Waals surface area contributed by atoms with Gasteiger partial charge >= 0.3 is 5.97 Å². The molecule has 8 heteroatoms. The lowest BCUT2D eigenvalue weighted by molar-refractivity contribution is -0.152. The molecule has 144 valence electrons. The van der Waals surface area contributed by atoms with Crippen molar-refractivity contribution >= 4 is 29.2 Å². The average Bonchev–Trinajstić information content (AvgIpc) is 2.64. The minimum Gasteiger partial charge on any atom is -0.497 e. The fraction of sp³-hybridized carbons (Fsp3) is 0.263. The molecule has 27 heavy (non-hydrogen) atoms. The summed E-state index contributed by atoms with van der Waals surface area (Å²) >= 11 is 5.89. The number of ether oxygens (including phenoxy) is 3. The van der Waals surface area contributed by atoms with E-state index in [0.29, 0.717) is 17.2 Å². The normalized spacial score (nSPS) is 11.4. The van der Waals surface area contributed by atoms with Crippen LogP contribution in [0.25, 0.3) is 0 Å². The zero-order valence-corrected chi connectivity index (χ0v) is 15.8. The molecule has 0 aliphatic heterocycles. The highest BCUT2D eigenvalue weighted by Crippen LogP contribution is 2.26. The van der Waals surface area contributed by atoms with Crippen LogP contribution in [0.1, 0.15) is 12.5 Å². The van der Waals surface area contributed by atoms with Gasteiger partial charge in [0.05, 0.1) is 20.6 Å². The van der Waals surface area contributed by atoms with Gasteiger partial charge < -0.3 is 19.5 Å². The third kappa shape index (κ3) is 5.59. The van der Waals surface area contributed by atoms with Gasteiger partial charge in [-0.3, -0.25) is 9.59 Å². The number of amides is 1. The maximum atomic E-state index is 13.7. The van der Waals surface area contributed by atoms with E-state index < -0.39 is 23.8 Å². The van der Waals surface area contributed by atoms with E-state index >= 15 is 0 Å². The highest BCUT2D eigenvalue weighted by atomic mass is 35.5. The van der Waals surface area contributed by atoms with Gasteiger partial charge in [0.25, 0.3) is 5.91 Å². The zero-order valence-electron chi connectivity index (χ0n) is 15.0. The van der Waals surface area contributed by atoms with Crippen LogP contribution in [0.15, 0.2) is 36.4 Å². The summed E-state index contributed by atoms with van der Waals surface area (Å²) in [5, 5.41) is 2.72. The fourth-order valence-electron chi connectivity index (χ4n) is 2.26. The Kier molecular flexibility index (Phi) is 7.01. The number of hydrogen-bond donors (Lipinski definition) is 1. The Morgan fingerprint density at radius 1 is 1.15 bits per heavy atom. The maximum Gasteiger partial charge on any atom is 0.311 e. The van der Waals surface area contributed by atoms with E-state index in [-0.39, 0.29) is 17.0 Å². The van der Waals surface area contributed by atoms with E-state index in [9.17, 15) is 14.0 Å². The molecule has 1 atom stereocenters. The van der Waals surface area contributed by atoms with Crippen LogP contribution < -0.4 is 14.8 Å². The third-order valence-electron chi connectivity index (χ3n) is 3.68. The predicted octanol–water partition coefficient (Wildman–Crippen LogP) is 3.61. The third-order valence-corrected chi connectivity index (χ3v) is 4.03. The molecule has 0 fully saturated rings. The standard InChI is InChI=1S/C19H19ClFNO5/c1-11(27-18(23)10-15-16(20)5-4-6-17(15)21)19(24)22-12-7-13(25-2)9-14(8-12)26-3/h4-9,11H,10H2,1-3H3,(H,22,24)/t11-/m0/s1. The van der Waals surface area contributed by atoms with E-state index in [2.05, 4.69) is 5.32 Å². The number of rotatable bonds is 7. The van der Waals surface area contributed by atoms with Crippen LogP contribution in [-0.4, -0.2) is 32.2 Å². The molecule has 0 saturated carbocycles. The molecule has 1 N–H and O–H groups in total. The van der Waals surface area contributed by atoms with Gasteiger partial charge in [-0.05, 0) is 19.1 Å². The summed E-state index contributed by atoms with van der Waals surface area (Å²) in [4.78, 5) is 24.3. The minimum absolute atomic E-state index is 0.0225. The minimum atomic E-state index is -1.10. The second-order valence-electron chi connectivity index (χ2n) is 5.60. The summed E-state index contributed by atoms with van der Waals surface area (Å²) in [6.45, 7) is 1.41. The Labute approximate surface area is 161 Å². The molecule has 0 radical (unpaired) electrons. The summed E-state index contributed by atoms with van der Waals surface area (Å²) in [7, 11) is 2.97. The summed E-state index contributed by atoms with van der Waals surface area (Å²) in [6.07, 6.45) is -1.48. The number of carbonyl (C=O) groups excluding carboxylic acids is 2. The number of benzene rings is 2. The number of anilines is 1. The zero-order chi connectivity index (χ0) is 20.0. The molecular weight excluding hydrogens is 377 g/mol. The monoisotopic (exact) mass is 395 g/mol. The lowest BCUT2D eigenvalue weighted by Crippen LogP contribution is -2.30. The number of carbonyl (C=O) groups is 2. The molecule has 0 unspecified atom stereocenters. The second-order valence-corrected chi connectivity index (χ2v) is 6.01. The Hall–Kier alpha value is -2.80. The Morgan fingerprint density at radius 3 is 2.33 bits per heavy atom. The molecule has 2 aromatic carbocycles. The first-order valence-electron chi connectivity index (χ1n) is 8.00. The smallest absolute Gasteiger partial charge is 0.311 e. The highest BCUT2D eigenvalue weighted by molar-refractivity contribution is 6.31. The molecule has 0 aliphatic rings. The van der Waals surface area contributed by atoms with Crippen LogP contribution in [0, 0.1) is 5.82 Å². The van der Waals surface area contributed by atoms with Gasteiger partial charge in [0, 0.05) is 34.5 Å². The molecule has 6 nitrogen and oxygen atoms in total. The molecule has 0 aliphatic carbocycles. The number of halogens is 2. The van der Waals surface area contributed by atoms with Crippen molar-refractivity contribution in [3.05, 3.63) is 52.8 Å². The Balaban J connectivity index is 2.00. The van der Waals surface area contributed by atoms with Crippen LogP contribution in [-0.2, 0) is 20.7 Å². The number of hydrogen-bond acceptors (Lipinski definition) is 5. The fourth-order valence-corrected chi connectivity index (χ4v) is 2.49. The first kappa shape index (κ1) is 20.5. The topological polar surface area (TPSA) is 73.9 Å². The van der Waals surface area contributed by atoms with Crippen LogP contribution in [0.4, 0.5) is 10.1 Å². The Bertz CT molecular complexity index is 800. The van der Waals surface area contributed by atoms with Crippen LogP contribution in [0.3, 0.4) is 0 Å². The van der Waals surface area contributed by atoms with Crippen molar-refractivity contribution in [2.75, 3.05) is 19.5 Å². The van der Waals surface area contributed by atoms with Gasteiger partial charge in [-0.25, -0.2) is 4.39 Å². The highest BCUT2D eigenvalue weighted by Gasteiger charge is 2.20. The molecule has 2 rings (SSSR count). The van der Waals surface area contributed by atoms with E-state index in [0.717, 1.165) is 0 Å². The summed E-state index contributed by atoms with van der Waals surface area (Å²) in [5.41, 5.74) is 0.436. The lowest BCUT2D eigenvalue weighted by Gasteiger charge is -2.15. The van der Waals surface area contributed by atoms with Crippen molar-refractivity contribution in [2.45, 2.75) is 19.4 Å². The number of methoxy groups -OCH3 is 2. The van der Waals surface area contributed by atoms with Gasteiger partial charge in [0.15, 0.2) is 6.10 Å². The molecule has 0 saturated heterocycles. The Morgan fingerprint density at radius 2 is 1.78 bits per heavy atom. The molecule has 0 heterocycles. The largest absolute Gasteiger partial charge is 0.497 e. The number of esters is 1. The second kappa shape index (κ2) is 9.23. The summed E-state index contributed by atoms with van der Waals surface area (Å²) < 4.78 is 29.1. The van der Waals surface area contributed by atoms with Crippen LogP contribution in [0.5, 0.6) is 11.5 Å². The molecule has 0 spiro atoms. The predicted molar refractivity (Wildman–Crippen MR) is 98.8 cm³/mol. The first-order valence-corrected chi connectivity index (χ1v) is 8.38. The van der Waals surface area contributed by atoms with E-state index in [4.69, 9.17) is 25.8 Å². The molecular formula is C19H19ClFNO5. The average molecular weight is 396 g/mol. The van der Waals surface area contributed by atoms with E-state index in [1.807, 2.05) is 0 Å². The maximum absolute atomic E-state index is 13.7. The van der Waals surface area contributed by atoms with Crippen molar-refractivity contribution in [3.63, 3.8) is 0 Å². The van der Waals surface area contributed by atoms with Gasteiger partial charge in [-0.1, -0.05) is 17.7 Å². The van der Waals surface area contributed by atoms with E-state index in [1.165, 1.54) is 39.3 Å². The SMILES string of the molecule is COc1cc(NC(=O)[C@H](C)OC(=O)Cc2c(F)cccc2Cl)cc(OC)c1. The quantitative estimate of drug-likeness (QED) is 0.725. The van der Waals surface area contributed by atoms with Crippen molar-refractivity contribution in [1.29, 1.82) is 0 Å². The summed E-state index contributed by atoms with van der Waals surface area (Å²) in [5.74, 6) is -0.960. The van der Waals surface area contributed by atoms with Gasteiger partial charge in [-0.2, -0.15) is 0 Å². The number of nitrogens with one attached hydrogen (secondary N) is 1. The van der Waals surface area contributed by atoms with Crippen molar-refractivity contribution in [1.82, 2.24) is 0 Å². The first-order chi connectivity index (χ1) is 12.8. The van der Waals surface area contributed by atoms with Crippen LogP contribution >= 0.6 is 11.6 Å². The molecule has 0 bridgehead atoms. The van der Waals surface area contributed by atoms with Crippen LogP contribution in [0.2, 0.25) is 5.02 Å². The van der Waals surface area contributed by atoms with Crippen molar-refractivity contribution < 1.29 is 28.2 Å². The van der Waals surface area contributed by atoms with Crippen molar-refractivity contribution in [2.24, 2.45) is 0 Å².